The van der Waals surface area contributed by atoms with Crippen LogP contribution in [0.4, 0.5) is 28.0 Å². The lowest BCUT2D eigenvalue weighted by molar-refractivity contribution is -0.274. The molecule has 0 atom stereocenters. The molecular formula is C8H5F4NO3. The molecule has 0 aliphatic rings. The van der Waals surface area contributed by atoms with Gasteiger partial charge < -0.3 is 9.84 Å². The highest BCUT2D eigenvalue weighted by atomic mass is 19.4. The average molecular weight is 239 g/mol. The molecule has 1 amide bonds. The summed E-state index contributed by atoms with van der Waals surface area (Å²) in [6.45, 7) is 0. The Balaban J connectivity index is 3.02. The van der Waals surface area contributed by atoms with E-state index in [1.54, 1.807) is 5.32 Å². The second kappa shape index (κ2) is 4.25. The largest absolute Gasteiger partial charge is 0.573 e. The summed E-state index contributed by atoms with van der Waals surface area (Å²) in [6, 6.07) is 1.97. The number of ether oxygens (including phenoxy) is 1. The Morgan fingerprint density at radius 2 is 2.00 bits per heavy atom. The molecule has 0 unspecified atom stereocenters. The Morgan fingerprint density at radius 3 is 2.50 bits per heavy atom. The highest BCUT2D eigenvalue weighted by molar-refractivity contribution is 5.85. The van der Waals surface area contributed by atoms with Crippen molar-refractivity contribution in [2.45, 2.75) is 6.36 Å². The number of carbonyl (C=O) groups is 1. The Morgan fingerprint density at radius 1 is 1.38 bits per heavy atom. The molecule has 2 N–H and O–H groups in total. The average Bonchev–Trinajstić information content (AvgIpc) is 2.06. The molecule has 8 heteroatoms. The third-order valence-corrected chi connectivity index (χ3v) is 1.41. The molecule has 0 fully saturated rings. The van der Waals surface area contributed by atoms with E-state index in [0.29, 0.717) is 18.2 Å². The molecule has 1 aromatic carbocycles. The fraction of sp³-hybridized carbons (Fsp3) is 0.125. The first-order valence-electron chi connectivity index (χ1n) is 3.83. The topological polar surface area (TPSA) is 58.6 Å². The van der Waals surface area contributed by atoms with Crippen LogP contribution in [0.1, 0.15) is 0 Å². The number of halogens is 4. The number of rotatable bonds is 2. The van der Waals surface area contributed by atoms with Gasteiger partial charge >= 0.3 is 12.5 Å². The fourth-order valence-corrected chi connectivity index (χ4v) is 0.929. The van der Waals surface area contributed by atoms with Gasteiger partial charge in [0.05, 0.1) is 5.69 Å². The summed E-state index contributed by atoms with van der Waals surface area (Å²) < 4.78 is 51.8. The lowest BCUT2D eigenvalue weighted by atomic mass is 10.3. The quantitative estimate of drug-likeness (QED) is 0.780. The molecule has 1 rings (SSSR count). The minimum atomic E-state index is -4.98. The van der Waals surface area contributed by atoms with Crippen LogP contribution >= 0.6 is 0 Å². The minimum Gasteiger partial charge on any atom is -0.465 e. The molecule has 0 spiro atoms. The van der Waals surface area contributed by atoms with Crippen LogP contribution in [0.2, 0.25) is 0 Å². The maximum Gasteiger partial charge on any atom is 0.573 e. The lowest BCUT2D eigenvalue weighted by Gasteiger charge is -2.12. The molecule has 0 aliphatic heterocycles. The smallest absolute Gasteiger partial charge is 0.465 e. The summed E-state index contributed by atoms with van der Waals surface area (Å²) >= 11 is 0. The van der Waals surface area contributed by atoms with Crippen molar-refractivity contribution in [3.63, 3.8) is 0 Å². The van der Waals surface area contributed by atoms with Crippen molar-refractivity contribution >= 4 is 11.8 Å². The maximum atomic E-state index is 12.7. The normalized spacial score (nSPS) is 11.0. The van der Waals surface area contributed by atoms with Gasteiger partial charge in [0, 0.05) is 6.07 Å². The van der Waals surface area contributed by atoms with Gasteiger partial charge in [-0.2, -0.15) is 0 Å². The number of nitrogens with one attached hydrogen (secondary N) is 1. The Bertz CT molecular complexity index is 405. The molecule has 0 radical (unpaired) electrons. The molecule has 0 saturated heterocycles. The maximum absolute atomic E-state index is 12.7. The first kappa shape index (κ1) is 12.1. The third-order valence-electron chi connectivity index (χ3n) is 1.41. The van der Waals surface area contributed by atoms with E-state index in [4.69, 9.17) is 5.11 Å². The standard InChI is InChI=1S/C8H5F4NO3/c9-4-1-2-6(16-8(10,11)12)5(3-4)13-7(14)15/h1-3,13H,(H,14,15). The van der Waals surface area contributed by atoms with Gasteiger partial charge in [-0.25, -0.2) is 9.18 Å². The van der Waals surface area contributed by atoms with E-state index in [1.165, 1.54) is 0 Å². The highest BCUT2D eigenvalue weighted by Crippen LogP contribution is 2.30. The van der Waals surface area contributed by atoms with Crippen molar-refractivity contribution in [3.05, 3.63) is 24.0 Å². The van der Waals surface area contributed by atoms with Crippen LogP contribution in [0.15, 0.2) is 18.2 Å². The van der Waals surface area contributed by atoms with Crippen LogP contribution in [0.25, 0.3) is 0 Å². The minimum absolute atomic E-state index is 0.579. The van der Waals surface area contributed by atoms with Gasteiger partial charge in [-0.1, -0.05) is 0 Å². The van der Waals surface area contributed by atoms with Gasteiger partial charge in [0.2, 0.25) is 0 Å². The van der Waals surface area contributed by atoms with E-state index in [9.17, 15) is 22.4 Å². The second-order valence-corrected chi connectivity index (χ2v) is 2.62. The van der Waals surface area contributed by atoms with Crippen LogP contribution in [0, 0.1) is 5.82 Å². The van der Waals surface area contributed by atoms with Crippen LogP contribution in [0.3, 0.4) is 0 Å². The molecular weight excluding hydrogens is 234 g/mol. The first-order chi connectivity index (χ1) is 7.28. The van der Waals surface area contributed by atoms with E-state index < -0.39 is 29.7 Å². The van der Waals surface area contributed by atoms with Gasteiger partial charge in [0.1, 0.15) is 5.82 Å². The summed E-state index contributed by atoms with van der Waals surface area (Å²) in [5.74, 6) is -1.71. The summed E-state index contributed by atoms with van der Waals surface area (Å²) in [5, 5.41) is 9.90. The van der Waals surface area contributed by atoms with Crippen LogP contribution in [-0.2, 0) is 0 Å². The number of hydrogen-bond donors (Lipinski definition) is 2. The molecule has 4 nitrogen and oxygen atoms in total. The van der Waals surface area contributed by atoms with E-state index in [-0.39, 0.29) is 0 Å². The number of anilines is 1. The zero-order chi connectivity index (χ0) is 12.3. The number of hydrogen-bond acceptors (Lipinski definition) is 2. The molecule has 0 heterocycles. The predicted octanol–water partition coefficient (Wildman–Crippen LogP) is 2.81. The SMILES string of the molecule is O=C(O)Nc1cc(F)ccc1OC(F)(F)F. The van der Waals surface area contributed by atoms with Crippen molar-refractivity contribution in [2.75, 3.05) is 5.32 Å². The van der Waals surface area contributed by atoms with Crippen molar-refractivity contribution in [1.29, 1.82) is 0 Å². The van der Waals surface area contributed by atoms with E-state index in [2.05, 4.69) is 4.74 Å². The fourth-order valence-electron chi connectivity index (χ4n) is 0.929. The van der Waals surface area contributed by atoms with Gasteiger partial charge in [0.25, 0.3) is 0 Å². The molecule has 88 valence electrons. The Hall–Kier alpha value is -1.99. The zero-order valence-electron chi connectivity index (χ0n) is 7.51. The predicted molar refractivity (Wildman–Crippen MR) is 44.7 cm³/mol. The highest BCUT2D eigenvalue weighted by Gasteiger charge is 2.32. The summed E-state index contributed by atoms with van der Waals surface area (Å²) in [7, 11) is 0. The number of carboxylic acid groups (broad SMARTS) is 1. The molecule has 0 saturated carbocycles. The van der Waals surface area contributed by atoms with Gasteiger partial charge in [-0.05, 0) is 12.1 Å². The van der Waals surface area contributed by atoms with E-state index in [0.717, 1.165) is 0 Å². The van der Waals surface area contributed by atoms with E-state index in [1.807, 2.05) is 0 Å². The molecule has 0 aliphatic carbocycles. The zero-order valence-corrected chi connectivity index (χ0v) is 7.51. The second-order valence-electron chi connectivity index (χ2n) is 2.62. The van der Waals surface area contributed by atoms with Gasteiger partial charge in [-0.15, -0.1) is 13.2 Å². The molecule has 16 heavy (non-hydrogen) atoms. The first-order valence-corrected chi connectivity index (χ1v) is 3.83. The summed E-state index contributed by atoms with van der Waals surface area (Å²) in [6.07, 6.45) is -6.61. The van der Waals surface area contributed by atoms with E-state index >= 15 is 0 Å². The third kappa shape index (κ3) is 3.64. The van der Waals surface area contributed by atoms with Crippen molar-refractivity contribution in [1.82, 2.24) is 0 Å². The summed E-state index contributed by atoms with van der Waals surface area (Å²) in [5.41, 5.74) is -0.621. The van der Waals surface area contributed by atoms with Crippen molar-refractivity contribution < 1.29 is 32.2 Å². The van der Waals surface area contributed by atoms with Gasteiger partial charge in [-0.3, -0.25) is 5.32 Å². The van der Waals surface area contributed by atoms with Crippen molar-refractivity contribution in [3.8, 4) is 5.75 Å². The summed E-state index contributed by atoms with van der Waals surface area (Å²) in [4.78, 5) is 10.2. The number of benzene rings is 1. The monoisotopic (exact) mass is 239 g/mol. The molecule has 1 aromatic rings. The molecule has 0 aromatic heterocycles. The van der Waals surface area contributed by atoms with Gasteiger partial charge in [0.15, 0.2) is 5.75 Å². The molecule has 0 bridgehead atoms. The number of alkyl halides is 3. The van der Waals surface area contributed by atoms with Crippen molar-refractivity contribution in [2.24, 2.45) is 0 Å². The Labute approximate surface area is 86.4 Å². The van der Waals surface area contributed by atoms with Crippen LogP contribution < -0.4 is 10.1 Å². The lowest BCUT2D eigenvalue weighted by Crippen LogP contribution is -2.19. The number of amides is 1. The van der Waals surface area contributed by atoms with Crippen LogP contribution in [0.5, 0.6) is 5.75 Å². The Kier molecular flexibility index (Phi) is 3.21. The van der Waals surface area contributed by atoms with Crippen LogP contribution in [-0.4, -0.2) is 17.6 Å².